The molecule has 0 N–H and O–H groups in total. The fraction of sp³-hybridized carbons (Fsp3) is 0.929. The van der Waals surface area contributed by atoms with E-state index in [2.05, 4.69) is 6.92 Å². The van der Waals surface area contributed by atoms with E-state index in [0.29, 0.717) is 17.0 Å². The lowest BCUT2D eigenvalue weighted by Crippen LogP contribution is -2.31. The van der Waals surface area contributed by atoms with Crippen molar-refractivity contribution in [2.75, 3.05) is 5.75 Å². The van der Waals surface area contributed by atoms with Crippen molar-refractivity contribution < 1.29 is 4.79 Å². The van der Waals surface area contributed by atoms with E-state index in [1.807, 2.05) is 11.8 Å². The maximum absolute atomic E-state index is 12.4. The molecule has 0 spiro atoms. The Bertz CT molecular complexity index is 233. The summed E-state index contributed by atoms with van der Waals surface area (Å²) in [6.07, 6.45) is 10.0. The van der Waals surface area contributed by atoms with Gasteiger partial charge in [-0.25, -0.2) is 0 Å². The largest absolute Gasteiger partial charge is 0.298 e. The lowest BCUT2D eigenvalue weighted by molar-refractivity contribution is -0.124. The third-order valence-corrected chi connectivity index (χ3v) is 5.65. The quantitative estimate of drug-likeness (QED) is 0.740. The Balaban J connectivity index is 1.87. The van der Waals surface area contributed by atoms with E-state index in [9.17, 15) is 4.79 Å². The van der Waals surface area contributed by atoms with Crippen LogP contribution in [0.3, 0.4) is 0 Å². The normalized spacial score (nSPS) is 35.9. The van der Waals surface area contributed by atoms with Crippen molar-refractivity contribution in [2.45, 2.75) is 63.5 Å². The number of hydrogen-bond acceptors (Lipinski definition) is 2. The SMILES string of the molecule is CCC1CCCC(C(=O)C2CCCCS2)C1. The Hall–Kier alpha value is 0.0200. The van der Waals surface area contributed by atoms with Crippen LogP contribution in [0, 0.1) is 11.8 Å². The maximum atomic E-state index is 12.4. The molecule has 1 saturated carbocycles. The van der Waals surface area contributed by atoms with E-state index in [0.717, 1.165) is 12.3 Å². The molecule has 2 aliphatic rings. The Morgan fingerprint density at radius 1 is 1.19 bits per heavy atom. The third kappa shape index (κ3) is 3.03. The molecular formula is C14H24OS. The molecule has 3 unspecified atom stereocenters. The smallest absolute Gasteiger partial charge is 0.148 e. The summed E-state index contributed by atoms with van der Waals surface area (Å²) in [7, 11) is 0. The van der Waals surface area contributed by atoms with E-state index in [1.165, 1.54) is 50.7 Å². The Kier molecular flexibility index (Phi) is 4.75. The molecule has 2 rings (SSSR count). The van der Waals surface area contributed by atoms with Crippen LogP contribution in [-0.2, 0) is 4.79 Å². The van der Waals surface area contributed by atoms with Gasteiger partial charge in [0.2, 0.25) is 0 Å². The van der Waals surface area contributed by atoms with Gasteiger partial charge in [0.15, 0.2) is 0 Å². The average Bonchev–Trinajstić information content (AvgIpc) is 2.39. The van der Waals surface area contributed by atoms with Crippen LogP contribution in [0.5, 0.6) is 0 Å². The monoisotopic (exact) mass is 240 g/mol. The van der Waals surface area contributed by atoms with Crippen molar-refractivity contribution in [3.05, 3.63) is 0 Å². The van der Waals surface area contributed by atoms with Gasteiger partial charge in [-0.3, -0.25) is 4.79 Å². The van der Waals surface area contributed by atoms with Gasteiger partial charge in [0.25, 0.3) is 0 Å². The number of Topliss-reactive ketones (excluding diaryl/α,β-unsaturated/α-hetero) is 1. The minimum atomic E-state index is 0.356. The average molecular weight is 240 g/mol. The predicted molar refractivity (Wildman–Crippen MR) is 70.8 cm³/mol. The number of thioether (sulfide) groups is 1. The van der Waals surface area contributed by atoms with Crippen LogP contribution in [-0.4, -0.2) is 16.8 Å². The molecule has 92 valence electrons. The minimum Gasteiger partial charge on any atom is -0.298 e. The fourth-order valence-electron chi connectivity index (χ4n) is 3.15. The molecule has 16 heavy (non-hydrogen) atoms. The van der Waals surface area contributed by atoms with Crippen LogP contribution < -0.4 is 0 Å². The van der Waals surface area contributed by atoms with E-state index in [-0.39, 0.29) is 0 Å². The molecule has 0 aromatic rings. The van der Waals surface area contributed by atoms with Crippen molar-refractivity contribution in [3.63, 3.8) is 0 Å². The van der Waals surface area contributed by atoms with E-state index >= 15 is 0 Å². The second-order valence-electron chi connectivity index (χ2n) is 5.40. The number of rotatable bonds is 3. The van der Waals surface area contributed by atoms with Crippen LogP contribution in [0.25, 0.3) is 0 Å². The minimum absolute atomic E-state index is 0.356. The lowest BCUT2D eigenvalue weighted by Gasteiger charge is -2.31. The van der Waals surface area contributed by atoms with Gasteiger partial charge in [0, 0.05) is 5.92 Å². The van der Waals surface area contributed by atoms with Crippen LogP contribution >= 0.6 is 11.8 Å². The summed E-state index contributed by atoms with van der Waals surface area (Å²) in [5.74, 6) is 3.05. The molecule has 2 heteroatoms. The zero-order chi connectivity index (χ0) is 11.4. The summed E-state index contributed by atoms with van der Waals surface area (Å²) >= 11 is 1.92. The molecule has 3 atom stereocenters. The maximum Gasteiger partial charge on any atom is 0.148 e. The molecule has 1 saturated heterocycles. The molecule has 0 bridgehead atoms. The van der Waals surface area contributed by atoms with Crippen LogP contribution in [0.2, 0.25) is 0 Å². The molecule has 0 radical (unpaired) electrons. The van der Waals surface area contributed by atoms with Crippen LogP contribution in [0.15, 0.2) is 0 Å². The van der Waals surface area contributed by atoms with Gasteiger partial charge in [-0.1, -0.05) is 32.6 Å². The van der Waals surface area contributed by atoms with E-state index in [1.54, 1.807) is 0 Å². The third-order valence-electron chi connectivity index (χ3n) is 4.26. The van der Waals surface area contributed by atoms with Gasteiger partial charge in [-0.05, 0) is 37.4 Å². The molecule has 1 heterocycles. The Morgan fingerprint density at radius 3 is 2.75 bits per heavy atom. The molecule has 0 aromatic carbocycles. The molecule has 1 aliphatic carbocycles. The van der Waals surface area contributed by atoms with Crippen molar-refractivity contribution >= 4 is 17.5 Å². The first-order chi connectivity index (χ1) is 7.81. The Labute approximate surface area is 104 Å². The fourth-order valence-corrected chi connectivity index (χ4v) is 4.49. The van der Waals surface area contributed by atoms with Gasteiger partial charge in [0.05, 0.1) is 5.25 Å². The lowest BCUT2D eigenvalue weighted by atomic mass is 9.77. The first-order valence-corrected chi connectivity index (χ1v) is 8.01. The highest BCUT2D eigenvalue weighted by atomic mass is 32.2. The van der Waals surface area contributed by atoms with Crippen molar-refractivity contribution in [2.24, 2.45) is 11.8 Å². The van der Waals surface area contributed by atoms with Gasteiger partial charge >= 0.3 is 0 Å². The zero-order valence-electron chi connectivity index (χ0n) is 10.4. The summed E-state index contributed by atoms with van der Waals surface area (Å²) in [4.78, 5) is 12.4. The van der Waals surface area contributed by atoms with E-state index < -0.39 is 0 Å². The second kappa shape index (κ2) is 6.09. The summed E-state index contributed by atoms with van der Waals surface area (Å²) in [6, 6.07) is 0. The predicted octanol–water partition coefficient (Wildman–Crippen LogP) is 4.06. The second-order valence-corrected chi connectivity index (χ2v) is 6.71. The number of ketones is 1. The Morgan fingerprint density at radius 2 is 2.06 bits per heavy atom. The summed E-state index contributed by atoms with van der Waals surface area (Å²) in [5.41, 5.74) is 0. The number of carbonyl (C=O) groups excluding carboxylic acids is 1. The van der Waals surface area contributed by atoms with E-state index in [4.69, 9.17) is 0 Å². The highest BCUT2D eigenvalue weighted by Crippen LogP contribution is 2.36. The summed E-state index contributed by atoms with van der Waals surface area (Å²) in [6.45, 7) is 2.27. The highest BCUT2D eigenvalue weighted by Gasteiger charge is 2.31. The summed E-state index contributed by atoms with van der Waals surface area (Å²) in [5, 5.41) is 0.356. The number of hydrogen-bond donors (Lipinski definition) is 0. The molecular weight excluding hydrogens is 216 g/mol. The van der Waals surface area contributed by atoms with Crippen molar-refractivity contribution in [1.29, 1.82) is 0 Å². The molecule has 0 aromatic heterocycles. The van der Waals surface area contributed by atoms with Crippen molar-refractivity contribution in [3.8, 4) is 0 Å². The first-order valence-electron chi connectivity index (χ1n) is 6.96. The topological polar surface area (TPSA) is 17.1 Å². The standard InChI is InChI=1S/C14H24OS/c1-2-11-6-5-7-12(10-11)14(15)13-8-3-4-9-16-13/h11-13H,2-10H2,1H3. The van der Waals surface area contributed by atoms with Gasteiger partial charge in [0.1, 0.15) is 5.78 Å². The van der Waals surface area contributed by atoms with Gasteiger partial charge < -0.3 is 0 Å². The zero-order valence-corrected chi connectivity index (χ0v) is 11.2. The van der Waals surface area contributed by atoms with Crippen molar-refractivity contribution in [1.82, 2.24) is 0 Å². The van der Waals surface area contributed by atoms with Gasteiger partial charge in [-0.15, -0.1) is 0 Å². The van der Waals surface area contributed by atoms with Crippen LogP contribution in [0.4, 0.5) is 0 Å². The highest BCUT2D eigenvalue weighted by molar-refractivity contribution is 8.00. The number of carbonyl (C=O) groups is 1. The molecule has 0 amide bonds. The van der Waals surface area contributed by atoms with Gasteiger partial charge in [-0.2, -0.15) is 11.8 Å². The first kappa shape index (κ1) is 12.5. The molecule has 1 nitrogen and oxygen atoms in total. The summed E-state index contributed by atoms with van der Waals surface area (Å²) < 4.78 is 0. The van der Waals surface area contributed by atoms with Crippen LogP contribution in [0.1, 0.15) is 58.3 Å². The molecule has 2 fully saturated rings. The molecule has 1 aliphatic heterocycles.